The predicted octanol–water partition coefficient (Wildman–Crippen LogP) is 2.51. The molecule has 25 heavy (non-hydrogen) atoms. The van der Waals surface area contributed by atoms with E-state index in [0.717, 1.165) is 11.4 Å². The Morgan fingerprint density at radius 3 is 2.64 bits per heavy atom. The average Bonchev–Trinajstić information content (AvgIpc) is 3.03. The molecular formula is C18H26N4O3. The van der Waals surface area contributed by atoms with E-state index < -0.39 is 0 Å². The molecule has 0 unspecified atom stereocenters. The molecule has 7 heteroatoms. The van der Waals surface area contributed by atoms with Crippen molar-refractivity contribution < 1.29 is 14.6 Å². The van der Waals surface area contributed by atoms with Crippen LogP contribution < -0.4 is 10.6 Å². The fourth-order valence-electron chi connectivity index (χ4n) is 2.60. The van der Waals surface area contributed by atoms with Gasteiger partial charge >= 0.3 is 6.03 Å². The van der Waals surface area contributed by atoms with Crippen LogP contribution in [0.15, 0.2) is 36.5 Å². The van der Waals surface area contributed by atoms with Gasteiger partial charge in [-0.3, -0.25) is 0 Å². The maximum Gasteiger partial charge on any atom is 0.319 e. The Morgan fingerprint density at radius 1 is 1.32 bits per heavy atom. The van der Waals surface area contributed by atoms with E-state index in [1.807, 2.05) is 35.0 Å². The molecule has 2 amide bonds. The highest BCUT2D eigenvalue weighted by Crippen LogP contribution is 2.26. The Kier molecular flexibility index (Phi) is 6.97. The molecule has 0 bridgehead atoms. The minimum absolute atomic E-state index is 0.142. The molecule has 0 spiro atoms. The summed E-state index contributed by atoms with van der Waals surface area (Å²) in [5, 5.41) is 19.3. The van der Waals surface area contributed by atoms with Gasteiger partial charge in [0.15, 0.2) is 0 Å². The Hall–Kier alpha value is -2.38. The number of methoxy groups -OCH3 is 1. The second-order valence-electron chi connectivity index (χ2n) is 6.10. The molecular weight excluding hydrogens is 320 g/mol. The Balaban J connectivity index is 2.14. The third-order valence-electron chi connectivity index (χ3n) is 3.83. The summed E-state index contributed by atoms with van der Waals surface area (Å²) in [7, 11) is 1.58. The molecule has 1 heterocycles. The molecule has 1 atom stereocenters. The molecule has 0 aliphatic carbocycles. The first-order chi connectivity index (χ1) is 12.1. The average molecular weight is 346 g/mol. The number of aliphatic hydroxyl groups is 1. The van der Waals surface area contributed by atoms with Crippen molar-refractivity contribution in [2.45, 2.75) is 32.2 Å². The molecule has 2 aromatic rings. The standard InChI is InChI=1S/C18H26N4O3/c1-13(2)17-16(11-19-22(17)15-7-5-4-6-8-15)21-18(24)20-14(12-23)9-10-25-3/h4-8,11,13-14,23H,9-10,12H2,1-3H3,(H2,20,21,24)/t14-/m1/s1. The number of carbonyl (C=O) groups is 1. The van der Waals surface area contributed by atoms with E-state index in [2.05, 4.69) is 29.6 Å². The lowest BCUT2D eigenvalue weighted by Crippen LogP contribution is -2.41. The van der Waals surface area contributed by atoms with Crippen LogP contribution in [0.5, 0.6) is 0 Å². The monoisotopic (exact) mass is 346 g/mol. The minimum Gasteiger partial charge on any atom is -0.394 e. The lowest BCUT2D eigenvalue weighted by molar-refractivity contribution is 0.161. The summed E-state index contributed by atoms with van der Waals surface area (Å²) < 4.78 is 6.81. The van der Waals surface area contributed by atoms with Crippen molar-refractivity contribution in [3.8, 4) is 5.69 Å². The Bertz CT molecular complexity index is 670. The Labute approximate surface area is 148 Å². The third kappa shape index (κ3) is 5.04. The molecule has 2 rings (SSSR count). The van der Waals surface area contributed by atoms with Crippen LogP contribution in [0.3, 0.4) is 0 Å². The number of para-hydroxylation sites is 1. The number of nitrogens with one attached hydrogen (secondary N) is 2. The summed E-state index contributed by atoms with van der Waals surface area (Å²) in [4.78, 5) is 12.3. The van der Waals surface area contributed by atoms with Crippen molar-refractivity contribution >= 4 is 11.7 Å². The van der Waals surface area contributed by atoms with E-state index in [1.165, 1.54) is 0 Å². The maximum atomic E-state index is 12.3. The smallest absolute Gasteiger partial charge is 0.319 e. The van der Waals surface area contributed by atoms with E-state index in [1.54, 1.807) is 13.3 Å². The van der Waals surface area contributed by atoms with Crippen molar-refractivity contribution in [2.75, 3.05) is 25.6 Å². The number of benzene rings is 1. The zero-order valence-electron chi connectivity index (χ0n) is 14.9. The van der Waals surface area contributed by atoms with Crippen LogP contribution in [0.2, 0.25) is 0 Å². The van der Waals surface area contributed by atoms with Crippen LogP contribution in [0.1, 0.15) is 31.9 Å². The second-order valence-corrected chi connectivity index (χ2v) is 6.10. The van der Waals surface area contributed by atoms with E-state index in [9.17, 15) is 9.90 Å². The molecule has 0 radical (unpaired) electrons. The number of hydrogen-bond acceptors (Lipinski definition) is 4. The highest BCUT2D eigenvalue weighted by Gasteiger charge is 2.18. The number of amides is 2. The van der Waals surface area contributed by atoms with Crippen LogP contribution in [0.4, 0.5) is 10.5 Å². The number of aromatic nitrogens is 2. The lowest BCUT2D eigenvalue weighted by atomic mass is 10.1. The van der Waals surface area contributed by atoms with Crippen molar-refractivity contribution in [2.24, 2.45) is 0 Å². The fraction of sp³-hybridized carbons (Fsp3) is 0.444. The van der Waals surface area contributed by atoms with Gasteiger partial charge in [0.1, 0.15) is 0 Å². The van der Waals surface area contributed by atoms with Gasteiger partial charge in [0.25, 0.3) is 0 Å². The summed E-state index contributed by atoms with van der Waals surface area (Å²) in [6.45, 7) is 4.43. The largest absolute Gasteiger partial charge is 0.394 e. The summed E-state index contributed by atoms with van der Waals surface area (Å²) in [6, 6.07) is 9.05. The number of carbonyl (C=O) groups excluding carboxylic acids is 1. The normalized spacial score (nSPS) is 12.2. The van der Waals surface area contributed by atoms with Crippen LogP contribution in [-0.4, -0.2) is 47.3 Å². The van der Waals surface area contributed by atoms with Crippen LogP contribution in [0.25, 0.3) is 5.69 Å². The molecule has 0 saturated carbocycles. The molecule has 136 valence electrons. The van der Waals surface area contributed by atoms with Crippen LogP contribution in [-0.2, 0) is 4.74 Å². The first-order valence-electron chi connectivity index (χ1n) is 8.37. The number of aliphatic hydroxyl groups excluding tert-OH is 1. The molecule has 0 fully saturated rings. The molecule has 0 aliphatic heterocycles. The summed E-state index contributed by atoms with van der Waals surface area (Å²) in [5.41, 5.74) is 2.51. The Morgan fingerprint density at radius 2 is 2.04 bits per heavy atom. The zero-order chi connectivity index (χ0) is 18.2. The minimum atomic E-state index is -0.371. The SMILES string of the molecule is COCC[C@H](CO)NC(=O)Nc1cnn(-c2ccccc2)c1C(C)C. The highest BCUT2D eigenvalue weighted by molar-refractivity contribution is 5.90. The number of hydrogen-bond donors (Lipinski definition) is 3. The molecule has 0 saturated heterocycles. The number of urea groups is 1. The molecule has 1 aromatic carbocycles. The summed E-state index contributed by atoms with van der Waals surface area (Å²) in [5.74, 6) is 0.167. The predicted molar refractivity (Wildman–Crippen MR) is 97.2 cm³/mol. The second kappa shape index (κ2) is 9.19. The van der Waals surface area contributed by atoms with Gasteiger partial charge < -0.3 is 20.5 Å². The highest BCUT2D eigenvalue weighted by atomic mass is 16.5. The number of ether oxygens (including phenoxy) is 1. The van der Waals surface area contributed by atoms with Gasteiger partial charge in [0, 0.05) is 13.7 Å². The first kappa shape index (κ1) is 19.0. The fourth-order valence-corrected chi connectivity index (χ4v) is 2.60. The van der Waals surface area contributed by atoms with Gasteiger partial charge in [-0.25, -0.2) is 9.48 Å². The quantitative estimate of drug-likeness (QED) is 0.685. The van der Waals surface area contributed by atoms with Crippen molar-refractivity contribution in [3.63, 3.8) is 0 Å². The van der Waals surface area contributed by atoms with E-state index in [4.69, 9.17) is 4.74 Å². The van der Waals surface area contributed by atoms with Crippen molar-refractivity contribution in [1.29, 1.82) is 0 Å². The molecule has 3 N–H and O–H groups in total. The summed E-state index contributed by atoms with van der Waals surface area (Å²) >= 11 is 0. The number of rotatable bonds is 8. The zero-order valence-corrected chi connectivity index (χ0v) is 14.9. The van der Waals surface area contributed by atoms with E-state index >= 15 is 0 Å². The molecule has 1 aromatic heterocycles. The molecule has 0 aliphatic rings. The number of anilines is 1. The first-order valence-corrected chi connectivity index (χ1v) is 8.37. The van der Waals surface area contributed by atoms with Crippen molar-refractivity contribution in [1.82, 2.24) is 15.1 Å². The molecule has 7 nitrogen and oxygen atoms in total. The van der Waals surface area contributed by atoms with Gasteiger partial charge in [-0.1, -0.05) is 32.0 Å². The van der Waals surface area contributed by atoms with Gasteiger partial charge in [-0.05, 0) is 24.5 Å². The summed E-state index contributed by atoms with van der Waals surface area (Å²) in [6.07, 6.45) is 2.19. The van der Waals surface area contributed by atoms with Gasteiger partial charge in [0.05, 0.1) is 35.9 Å². The van der Waals surface area contributed by atoms with Gasteiger partial charge in [0.2, 0.25) is 0 Å². The maximum absolute atomic E-state index is 12.3. The lowest BCUT2D eigenvalue weighted by Gasteiger charge is -2.17. The van der Waals surface area contributed by atoms with E-state index in [-0.39, 0.29) is 24.6 Å². The van der Waals surface area contributed by atoms with Crippen LogP contribution >= 0.6 is 0 Å². The topological polar surface area (TPSA) is 88.4 Å². The van der Waals surface area contributed by atoms with Gasteiger partial charge in [-0.2, -0.15) is 5.10 Å². The van der Waals surface area contributed by atoms with Crippen LogP contribution in [0, 0.1) is 0 Å². The third-order valence-corrected chi connectivity index (χ3v) is 3.83. The van der Waals surface area contributed by atoms with Gasteiger partial charge in [-0.15, -0.1) is 0 Å². The number of nitrogens with zero attached hydrogens (tertiary/aromatic N) is 2. The van der Waals surface area contributed by atoms with E-state index in [0.29, 0.717) is 18.7 Å². The van der Waals surface area contributed by atoms with Crippen molar-refractivity contribution in [3.05, 3.63) is 42.2 Å².